The number of rotatable bonds is 26. The number of benzene rings is 6. The second kappa shape index (κ2) is 31.0. The summed E-state index contributed by atoms with van der Waals surface area (Å²) in [5.74, 6) is 1.50. The highest BCUT2D eigenvalue weighted by Gasteiger charge is 2.44. The van der Waals surface area contributed by atoms with Crippen LogP contribution in [0.3, 0.4) is 0 Å². The third kappa shape index (κ3) is 16.4. The molecule has 11 nitrogen and oxygen atoms in total. The maximum Gasteiger partial charge on any atom is 0.488 e. The van der Waals surface area contributed by atoms with Crippen LogP contribution in [-0.2, 0) is 48.3 Å². The minimum absolute atomic E-state index is 0. The lowest BCUT2D eigenvalue weighted by Crippen LogP contribution is -3.00. The number of hydrogen-bond acceptors (Lipinski definition) is 9. The fourth-order valence-electron chi connectivity index (χ4n) is 12.6. The van der Waals surface area contributed by atoms with Crippen LogP contribution in [0.25, 0.3) is 0 Å². The summed E-state index contributed by atoms with van der Waals surface area (Å²) in [5, 5.41) is 44.2. The molecule has 9 rings (SSSR count). The van der Waals surface area contributed by atoms with Gasteiger partial charge in [0.25, 0.3) is 0 Å². The van der Waals surface area contributed by atoms with Crippen LogP contribution in [0.5, 0.6) is 5.75 Å². The Bertz CT molecular complexity index is 3500. The van der Waals surface area contributed by atoms with E-state index in [1.807, 2.05) is 30.3 Å². The van der Waals surface area contributed by atoms with E-state index in [0.717, 1.165) is 84.5 Å². The molecule has 0 saturated heterocycles. The summed E-state index contributed by atoms with van der Waals surface area (Å²) in [6.45, 7) is 25.1. The maximum absolute atomic E-state index is 12.2. The molecular weight excluding hydrogens is 1190 g/mol. The number of ether oxygens (including phenoxy) is 1. The van der Waals surface area contributed by atoms with E-state index in [0.29, 0.717) is 68.7 Å². The number of nitrogens with zero attached hydrogens (tertiary/aromatic N) is 4. The van der Waals surface area contributed by atoms with Gasteiger partial charge in [-0.15, -0.1) is 0 Å². The normalized spacial score (nSPS) is 15.9. The SMILES string of the molecule is C.C=C(C)C(=O)NCCCN(Cc1ccc(CN(Cc2ccc(OC3=C(/C=C/C4=[N+](CCC)c5ccccc5C4(C)C)CCC/C3=C\C=C3\N(CCC)c4ccccc4C3(C)C)cc2)Cc2ccccc2B(O)O)cc1)Cc1ccccc1B(O)O.[I-]. The third-order valence-electron chi connectivity index (χ3n) is 17.0. The summed E-state index contributed by atoms with van der Waals surface area (Å²) in [4.78, 5) is 19.3. The molecule has 5 N–H and O–H groups in total. The number of carbonyl (C=O) groups is 1. The topological polar surface area (TPSA) is 132 Å². The highest BCUT2D eigenvalue weighted by Crippen LogP contribution is 2.48. The van der Waals surface area contributed by atoms with Crippen molar-refractivity contribution in [2.75, 3.05) is 31.1 Å². The molecule has 0 unspecified atom stereocenters. The van der Waals surface area contributed by atoms with Crippen molar-refractivity contribution in [2.24, 2.45) is 0 Å². The first-order valence-corrected chi connectivity index (χ1v) is 30.5. The van der Waals surface area contributed by atoms with Gasteiger partial charge in [0.15, 0.2) is 5.71 Å². The highest BCUT2D eigenvalue weighted by atomic mass is 127. The summed E-state index contributed by atoms with van der Waals surface area (Å²) < 4.78 is 9.70. The van der Waals surface area contributed by atoms with Crippen molar-refractivity contribution < 1.29 is 58.2 Å². The van der Waals surface area contributed by atoms with E-state index < -0.39 is 14.2 Å². The average molecular weight is 1280 g/mol. The Morgan fingerprint density at radius 3 is 1.83 bits per heavy atom. The highest BCUT2D eigenvalue weighted by molar-refractivity contribution is 6.59. The van der Waals surface area contributed by atoms with Crippen LogP contribution in [0, 0.1) is 0 Å². The Labute approximate surface area is 536 Å². The molecule has 2 aliphatic heterocycles. The summed E-state index contributed by atoms with van der Waals surface area (Å²) in [6, 6.07) is 49.5. The van der Waals surface area contributed by atoms with Gasteiger partial charge in [-0.25, -0.2) is 0 Å². The largest absolute Gasteiger partial charge is 1.00 e. The summed E-state index contributed by atoms with van der Waals surface area (Å²) >= 11 is 0. The minimum Gasteiger partial charge on any atom is -1.00 e. The second-order valence-electron chi connectivity index (χ2n) is 24.2. The molecule has 6 aromatic rings. The van der Waals surface area contributed by atoms with Gasteiger partial charge in [-0.2, -0.15) is 4.58 Å². The number of nitrogens with one attached hydrogen (secondary N) is 1. The van der Waals surface area contributed by atoms with Crippen molar-refractivity contribution in [1.82, 2.24) is 15.1 Å². The molecule has 456 valence electrons. The lowest BCUT2D eigenvalue weighted by molar-refractivity contribution is -0.437. The van der Waals surface area contributed by atoms with E-state index in [1.165, 1.54) is 45.1 Å². The fourth-order valence-corrected chi connectivity index (χ4v) is 12.6. The Balaban J connectivity index is 0.00000541. The molecule has 0 spiro atoms. The maximum atomic E-state index is 12.2. The van der Waals surface area contributed by atoms with Crippen LogP contribution in [0.15, 0.2) is 205 Å². The molecule has 0 saturated carbocycles. The molecule has 3 aliphatic rings. The average Bonchev–Trinajstić information content (AvgIpc) is 2.25. The van der Waals surface area contributed by atoms with Crippen molar-refractivity contribution in [3.63, 3.8) is 0 Å². The fraction of sp³-hybridized carbons (Fsp3) is 0.342. The quantitative estimate of drug-likeness (QED) is 0.0119. The number of fused-ring (bicyclic) bond motifs is 2. The molecule has 14 heteroatoms. The number of anilines is 1. The number of amides is 1. The van der Waals surface area contributed by atoms with E-state index in [9.17, 15) is 24.9 Å². The van der Waals surface area contributed by atoms with Gasteiger partial charge in [-0.05, 0) is 139 Å². The van der Waals surface area contributed by atoms with Gasteiger partial charge in [0.1, 0.15) is 18.1 Å². The van der Waals surface area contributed by atoms with Crippen LogP contribution in [0.4, 0.5) is 11.4 Å². The number of halogens is 1. The number of allylic oxidation sites excluding steroid dienone is 7. The Hall–Kier alpha value is -6.62. The summed E-state index contributed by atoms with van der Waals surface area (Å²) in [7, 11) is -3.20. The first-order valence-electron chi connectivity index (χ1n) is 30.5. The lowest BCUT2D eigenvalue weighted by Gasteiger charge is -2.27. The van der Waals surface area contributed by atoms with Gasteiger partial charge in [0.05, 0.1) is 5.41 Å². The zero-order valence-corrected chi connectivity index (χ0v) is 53.6. The first kappa shape index (κ1) is 67.9. The summed E-state index contributed by atoms with van der Waals surface area (Å²) in [6.07, 6.45) is 14.9. The van der Waals surface area contributed by atoms with E-state index in [2.05, 4.69) is 194 Å². The predicted molar refractivity (Wildman–Crippen MR) is 355 cm³/mol. The van der Waals surface area contributed by atoms with Crippen LogP contribution in [-0.4, -0.2) is 86.5 Å². The van der Waals surface area contributed by atoms with E-state index in [-0.39, 0.29) is 48.1 Å². The zero-order chi connectivity index (χ0) is 60.3. The smallest absolute Gasteiger partial charge is 0.488 e. The molecule has 0 bridgehead atoms. The van der Waals surface area contributed by atoms with E-state index >= 15 is 0 Å². The van der Waals surface area contributed by atoms with E-state index in [4.69, 9.17) is 4.74 Å². The van der Waals surface area contributed by atoms with Crippen molar-refractivity contribution in [3.05, 3.63) is 244 Å². The van der Waals surface area contributed by atoms with Gasteiger partial charge < -0.3 is 59.0 Å². The predicted octanol–water partition coefficient (Wildman–Crippen LogP) is 8.85. The van der Waals surface area contributed by atoms with Gasteiger partial charge in [0.2, 0.25) is 11.6 Å². The molecule has 1 amide bonds. The monoisotopic (exact) mass is 1280 g/mol. The lowest BCUT2D eigenvalue weighted by atomic mass is 9.77. The minimum atomic E-state index is -1.61. The molecule has 87 heavy (non-hydrogen) atoms. The first-order chi connectivity index (χ1) is 41.0. The molecule has 0 radical (unpaired) electrons. The molecule has 0 aromatic heterocycles. The second-order valence-corrected chi connectivity index (χ2v) is 24.2. The van der Waals surface area contributed by atoms with Crippen LogP contribution in [0.1, 0.15) is 133 Å². The Morgan fingerprint density at radius 2 is 1.23 bits per heavy atom. The van der Waals surface area contributed by atoms with Gasteiger partial charge >= 0.3 is 14.2 Å². The van der Waals surface area contributed by atoms with Crippen LogP contribution < -0.4 is 49.9 Å². The molecular formula is C73H90B2IN5O6. The molecule has 1 aliphatic carbocycles. The van der Waals surface area contributed by atoms with Crippen molar-refractivity contribution in [1.29, 1.82) is 0 Å². The molecule has 6 aromatic carbocycles. The van der Waals surface area contributed by atoms with Gasteiger partial charge in [-0.3, -0.25) is 14.6 Å². The molecule has 2 heterocycles. The van der Waals surface area contributed by atoms with Gasteiger partial charge in [-0.1, -0.05) is 169 Å². The van der Waals surface area contributed by atoms with Crippen molar-refractivity contribution in [3.8, 4) is 5.75 Å². The van der Waals surface area contributed by atoms with Crippen molar-refractivity contribution >= 4 is 48.2 Å². The zero-order valence-electron chi connectivity index (χ0n) is 51.4. The standard InChI is InChI=1S/C72H85B2N5O6.CH4.HI/c1-9-44-78-65-29-17-13-25-61(65)71(5,6)67(78)41-37-56-23-19-24-57(38-42-68-72(7,8)62-26-14-18-30-66(62)79(68)45-10-2)69(56)85-60-39-35-55(36-40-60)49-77(51-59-22-12-16-28-64(59)74(83)84)48-54-33-31-53(32-34-54)47-76(46-20-43-75-70(80)52(3)4)50-58-21-11-15-27-63(58)73(81)82;;/h11-18,21-22,25-42,81-84H,3,9-10,19-20,23-24,43-51H2,1-2,4-8H3;1H4;1H. The Kier molecular flexibility index (Phi) is 24.2. The van der Waals surface area contributed by atoms with Crippen LogP contribution in [0.2, 0.25) is 0 Å². The number of carbonyl (C=O) groups excluding carboxylic acids is 1. The Morgan fingerprint density at radius 1 is 0.678 bits per heavy atom. The number of hydrogen-bond donors (Lipinski definition) is 5. The van der Waals surface area contributed by atoms with Crippen molar-refractivity contribution in [2.45, 2.75) is 138 Å². The third-order valence-corrected chi connectivity index (χ3v) is 17.0. The number of para-hydroxylation sites is 2. The van der Waals surface area contributed by atoms with E-state index in [1.54, 1.807) is 25.1 Å². The summed E-state index contributed by atoms with van der Waals surface area (Å²) in [5.41, 5.74) is 16.2. The van der Waals surface area contributed by atoms with Crippen LogP contribution >= 0.6 is 0 Å². The molecule has 0 fully saturated rings. The molecule has 0 atom stereocenters. The van der Waals surface area contributed by atoms with Gasteiger partial charge in [0, 0.05) is 98.9 Å².